The summed E-state index contributed by atoms with van der Waals surface area (Å²) in [7, 11) is 1.69. The van der Waals surface area contributed by atoms with Crippen molar-refractivity contribution in [3.8, 4) is 5.75 Å². The van der Waals surface area contributed by atoms with Gasteiger partial charge < -0.3 is 15.0 Å². The minimum atomic E-state index is 0.529. The molecule has 92 valence electrons. The van der Waals surface area contributed by atoms with Crippen LogP contribution in [0.4, 0.5) is 5.82 Å². The summed E-state index contributed by atoms with van der Waals surface area (Å²) in [6.07, 6.45) is 4.44. The van der Waals surface area contributed by atoms with E-state index in [2.05, 4.69) is 15.2 Å². The van der Waals surface area contributed by atoms with Gasteiger partial charge in [-0.05, 0) is 44.0 Å². The van der Waals surface area contributed by atoms with E-state index < -0.39 is 0 Å². The van der Waals surface area contributed by atoms with Crippen LogP contribution in [-0.2, 0) is 0 Å². The molecule has 0 aromatic carbocycles. The third-order valence-corrected chi connectivity index (χ3v) is 3.97. The Labute approximate surface area is 102 Å². The predicted octanol–water partition coefficient (Wildman–Crippen LogP) is 1.60. The fourth-order valence-electron chi connectivity index (χ4n) is 2.97. The zero-order chi connectivity index (χ0) is 11.7. The first kappa shape index (κ1) is 10.8. The molecule has 3 fully saturated rings. The average Bonchev–Trinajstić information content (AvgIpc) is 2.41. The third-order valence-electron chi connectivity index (χ3n) is 3.97. The molecule has 1 atom stereocenters. The monoisotopic (exact) mass is 233 g/mol. The molecular formula is C13H19N3O. The van der Waals surface area contributed by atoms with E-state index in [1.54, 1.807) is 7.11 Å². The highest BCUT2D eigenvalue weighted by Crippen LogP contribution is 2.31. The van der Waals surface area contributed by atoms with Gasteiger partial charge >= 0.3 is 0 Å². The van der Waals surface area contributed by atoms with Gasteiger partial charge in [-0.3, -0.25) is 0 Å². The summed E-state index contributed by atoms with van der Waals surface area (Å²) in [6, 6.07) is 4.39. The van der Waals surface area contributed by atoms with Crippen molar-refractivity contribution in [2.75, 3.05) is 32.1 Å². The number of hydrogen-bond acceptors (Lipinski definition) is 4. The Hall–Kier alpha value is -1.29. The molecule has 4 heterocycles. The molecule has 4 heteroatoms. The van der Waals surface area contributed by atoms with Crippen LogP contribution in [0.2, 0.25) is 0 Å². The quantitative estimate of drug-likeness (QED) is 0.860. The van der Waals surface area contributed by atoms with E-state index in [0.29, 0.717) is 6.04 Å². The maximum atomic E-state index is 5.33. The molecule has 3 aliphatic heterocycles. The van der Waals surface area contributed by atoms with Crippen LogP contribution < -0.4 is 10.1 Å². The lowest BCUT2D eigenvalue weighted by molar-refractivity contribution is 0.0972. The van der Waals surface area contributed by atoms with Gasteiger partial charge in [0.1, 0.15) is 0 Å². The molecule has 3 aliphatic rings. The molecule has 0 amide bonds. The van der Waals surface area contributed by atoms with Crippen molar-refractivity contribution in [1.82, 2.24) is 9.88 Å². The number of rotatable bonds is 3. The zero-order valence-electron chi connectivity index (χ0n) is 10.2. The molecule has 1 unspecified atom stereocenters. The summed E-state index contributed by atoms with van der Waals surface area (Å²) in [5.74, 6) is 2.52. The molecule has 0 aliphatic carbocycles. The fraction of sp³-hybridized carbons (Fsp3) is 0.615. The van der Waals surface area contributed by atoms with Crippen molar-refractivity contribution in [3.63, 3.8) is 0 Å². The number of anilines is 1. The van der Waals surface area contributed by atoms with Gasteiger partial charge in [-0.2, -0.15) is 0 Å². The lowest BCUT2D eigenvalue weighted by Crippen LogP contribution is -2.53. The molecule has 0 spiro atoms. The second-order valence-corrected chi connectivity index (χ2v) is 4.94. The van der Waals surface area contributed by atoms with Gasteiger partial charge in [-0.1, -0.05) is 0 Å². The Balaban J connectivity index is 1.74. The first-order valence-corrected chi connectivity index (χ1v) is 6.34. The highest BCUT2D eigenvalue weighted by atomic mass is 16.5. The molecule has 17 heavy (non-hydrogen) atoms. The summed E-state index contributed by atoms with van der Waals surface area (Å²) in [6.45, 7) is 3.68. The van der Waals surface area contributed by atoms with E-state index in [0.717, 1.165) is 24.0 Å². The maximum absolute atomic E-state index is 5.33. The Morgan fingerprint density at radius 3 is 2.88 bits per heavy atom. The number of pyridine rings is 1. The Bertz CT molecular complexity index is 388. The number of methoxy groups -OCH3 is 1. The topological polar surface area (TPSA) is 37.4 Å². The number of hydrogen-bond donors (Lipinski definition) is 1. The van der Waals surface area contributed by atoms with Crippen LogP contribution in [0.25, 0.3) is 0 Å². The number of nitrogens with zero attached hydrogens (tertiary/aromatic N) is 2. The van der Waals surface area contributed by atoms with Crippen molar-refractivity contribution in [2.24, 2.45) is 5.92 Å². The summed E-state index contributed by atoms with van der Waals surface area (Å²) in [5, 5.41) is 3.55. The van der Waals surface area contributed by atoms with Crippen molar-refractivity contribution in [3.05, 3.63) is 18.3 Å². The average molecular weight is 233 g/mol. The number of aromatic nitrogens is 1. The van der Waals surface area contributed by atoms with Crippen LogP contribution in [0.1, 0.15) is 12.8 Å². The van der Waals surface area contributed by atoms with E-state index >= 15 is 0 Å². The number of ether oxygens (including phenoxy) is 1. The van der Waals surface area contributed by atoms with Gasteiger partial charge in [-0.15, -0.1) is 0 Å². The van der Waals surface area contributed by atoms with Crippen molar-refractivity contribution in [2.45, 2.75) is 18.9 Å². The Kier molecular flexibility index (Phi) is 2.89. The Morgan fingerprint density at radius 1 is 1.41 bits per heavy atom. The molecular weight excluding hydrogens is 214 g/mol. The predicted molar refractivity (Wildman–Crippen MR) is 67.4 cm³/mol. The molecule has 2 bridgehead atoms. The third kappa shape index (κ3) is 2.09. The summed E-state index contributed by atoms with van der Waals surface area (Å²) >= 11 is 0. The minimum Gasteiger partial charge on any atom is -0.493 e. The molecule has 1 aromatic heterocycles. The number of nitrogens with one attached hydrogen (secondary N) is 1. The Morgan fingerprint density at radius 2 is 2.24 bits per heavy atom. The normalized spacial score (nSPS) is 31.2. The fourth-order valence-corrected chi connectivity index (χ4v) is 2.97. The first-order chi connectivity index (χ1) is 8.36. The van der Waals surface area contributed by atoms with Crippen molar-refractivity contribution < 1.29 is 4.74 Å². The van der Waals surface area contributed by atoms with Crippen molar-refractivity contribution in [1.29, 1.82) is 0 Å². The molecule has 0 saturated carbocycles. The smallest absolute Gasteiger partial charge is 0.169 e. The van der Waals surface area contributed by atoms with Gasteiger partial charge in [0.05, 0.1) is 7.11 Å². The van der Waals surface area contributed by atoms with E-state index in [9.17, 15) is 0 Å². The number of piperidine rings is 3. The first-order valence-electron chi connectivity index (χ1n) is 6.34. The molecule has 4 rings (SSSR count). The van der Waals surface area contributed by atoms with Gasteiger partial charge in [0.2, 0.25) is 0 Å². The van der Waals surface area contributed by atoms with Gasteiger partial charge in [0.15, 0.2) is 11.6 Å². The van der Waals surface area contributed by atoms with E-state index in [4.69, 9.17) is 4.74 Å². The molecule has 4 nitrogen and oxygen atoms in total. The second kappa shape index (κ2) is 4.53. The summed E-state index contributed by atoms with van der Waals surface area (Å²) in [5.41, 5.74) is 0. The molecule has 1 N–H and O–H groups in total. The highest BCUT2D eigenvalue weighted by Gasteiger charge is 2.34. The summed E-state index contributed by atoms with van der Waals surface area (Å²) < 4.78 is 5.33. The largest absolute Gasteiger partial charge is 0.493 e. The molecule has 3 saturated heterocycles. The van der Waals surface area contributed by atoms with Crippen LogP contribution in [-0.4, -0.2) is 42.7 Å². The van der Waals surface area contributed by atoms with Gasteiger partial charge in [-0.25, -0.2) is 4.98 Å². The SMILES string of the molecule is COc1cccnc1NC1CN2CCC1CC2. The lowest BCUT2D eigenvalue weighted by Gasteiger charge is -2.45. The van der Waals surface area contributed by atoms with Gasteiger partial charge in [0, 0.05) is 18.8 Å². The highest BCUT2D eigenvalue weighted by molar-refractivity contribution is 5.50. The molecule has 1 aromatic rings. The van der Waals surface area contributed by atoms with Crippen LogP contribution in [0.15, 0.2) is 18.3 Å². The molecule has 0 radical (unpaired) electrons. The van der Waals surface area contributed by atoms with Crippen LogP contribution in [0, 0.1) is 5.92 Å². The second-order valence-electron chi connectivity index (χ2n) is 4.94. The lowest BCUT2D eigenvalue weighted by atomic mass is 9.84. The van der Waals surface area contributed by atoms with Crippen LogP contribution in [0.5, 0.6) is 5.75 Å². The zero-order valence-corrected chi connectivity index (χ0v) is 10.2. The van der Waals surface area contributed by atoms with Gasteiger partial charge in [0.25, 0.3) is 0 Å². The minimum absolute atomic E-state index is 0.529. The summed E-state index contributed by atoms with van der Waals surface area (Å²) in [4.78, 5) is 6.91. The van der Waals surface area contributed by atoms with E-state index in [1.165, 1.54) is 25.9 Å². The standard InChI is InChI=1S/C13H19N3O/c1-17-12-3-2-6-14-13(12)15-11-9-16-7-4-10(11)5-8-16/h2-3,6,10-11H,4-5,7-9H2,1H3,(H,14,15). The van der Waals surface area contributed by atoms with Crippen LogP contribution in [0.3, 0.4) is 0 Å². The maximum Gasteiger partial charge on any atom is 0.169 e. The van der Waals surface area contributed by atoms with E-state index in [1.807, 2.05) is 18.3 Å². The van der Waals surface area contributed by atoms with E-state index in [-0.39, 0.29) is 0 Å². The van der Waals surface area contributed by atoms with Crippen LogP contribution >= 0.6 is 0 Å². The number of fused-ring (bicyclic) bond motifs is 3. The van der Waals surface area contributed by atoms with Crippen molar-refractivity contribution >= 4 is 5.82 Å².